The number of ether oxygens (including phenoxy) is 2. The van der Waals surface area contributed by atoms with Crippen molar-refractivity contribution in [1.29, 1.82) is 0 Å². The summed E-state index contributed by atoms with van der Waals surface area (Å²) >= 11 is 3.53. The number of para-hydroxylation sites is 2. The minimum atomic E-state index is -0.0198. The van der Waals surface area contributed by atoms with Gasteiger partial charge in [0.05, 0.1) is 6.61 Å². The maximum Gasteiger partial charge on any atom is 0.169 e. The third-order valence-corrected chi connectivity index (χ3v) is 3.69. The predicted molar refractivity (Wildman–Crippen MR) is 89.0 cm³/mol. The first kappa shape index (κ1) is 15.9. The zero-order valence-corrected chi connectivity index (χ0v) is 13.9. The quantitative estimate of drug-likeness (QED) is 0.793. The van der Waals surface area contributed by atoms with Gasteiger partial charge in [-0.3, -0.25) is 0 Å². The van der Waals surface area contributed by atoms with E-state index in [-0.39, 0.29) is 6.04 Å². The lowest BCUT2D eigenvalue weighted by molar-refractivity contribution is 0.302. The lowest BCUT2D eigenvalue weighted by Crippen LogP contribution is -2.05. The van der Waals surface area contributed by atoms with Gasteiger partial charge in [0.2, 0.25) is 0 Å². The number of rotatable bonds is 6. The summed E-state index contributed by atoms with van der Waals surface area (Å²) in [7, 11) is 0. The van der Waals surface area contributed by atoms with E-state index in [0.29, 0.717) is 12.4 Å². The van der Waals surface area contributed by atoms with Crippen molar-refractivity contribution in [1.82, 2.24) is 0 Å². The first-order valence-electron chi connectivity index (χ1n) is 7.06. The molecule has 112 valence electrons. The first-order chi connectivity index (χ1) is 10.1. The molecule has 3 nitrogen and oxygen atoms in total. The Morgan fingerprint density at radius 2 is 1.86 bits per heavy atom. The first-order valence-corrected chi connectivity index (χ1v) is 7.85. The smallest absolute Gasteiger partial charge is 0.169 e. The molecule has 2 N–H and O–H groups in total. The molecule has 2 aromatic carbocycles. The molecule has 0 saturated heterocycles. The van der Waals surface area contributed by atoms with Gasteiger partial charge in [0.25, 0.3) is 0 Å². The van der Waals surface area contributed by atoms with Gasteiger partial charge in [0.15, 0.2) is 11.5 Å². The van der Waals surface area contributed by atoms with E-state index in [4.69, 9.17) is 15.2 Å². The topological polar surface area (TPSA) is 44.5 Å². The summed E-state index contributed by atoms with van der Waals surface area (Å²) in [5.41, 5.74) is 6.96. The number of benzene rings is 2. The number of hydrogen-bond acceptors (Lipinski definition) is 3. The van der Waals surface area contributed by atoms with Crippen LogP contribution < -0.4 is 15.2 Å². The highest BCUT2D eigenvalue weighted by Crippen LogP contribution is 2.34. The standard InChI is InChI=1S/C17H20BrNO2/c1-3-10-20-16-6-4-5-7-17(16)21-13-8-9-14(12(2)19)15(18)11-13/h4-9,11-12H,3,10,19H2,1-2H3/t12-/m1/s1. The fourth-order valence-corrected chi connectivity index (χ4v) is 2.65. The highest BCUT2D eigenvalue weighted by molar-refractivity contribution is 9.10. The van der Waals surface area contributed by atoms with Gasteiger partial charge in [-0.05, 0) is 43.2 Å². The summed E-state index contributed by atoms with van der Waals surface area (Å²) in [5, 5.41) is 0. The third kappa shape index (κ3) is 4.22. The van der Waals surface area contributed by atoms with Crippen molar-refractivity contribution in [2.45, 2.75) is 26.3 Å². The van der Waals surface area contributed by atoms with E-state index in [1.54, 1.807) is 0 Å². The van der Waals surface area contributed by atoms with E-state index in [1.165, 1.54) is 0 Å². The fourth-order valence-electron chi connectivity index (χ4n) is 1.93. The Kier molecular flexibility index (Phi) is 5.65. The monoisotopic (exact) mass is 349 g/mol. The van der Waals surface area contributed by atoms with Crippen LogP contribution in [0.4, 0.5) is 0 Å². The summed E-state index contributed by atoms with van der Waals surface area (Å²) in [4.78, 5) is 0. The van der Waals surface area contributed by atoms with Crippen LogP contribution in [-0.2, 0) is 0 Å². The van der Waals surface area contributed by atoms with Crippen LogP contribution in [0.25, 0.3) is 0 Å². The summed E-state index contributed by atoms with van der Waals surface area (Å²) in [6.45, 7) is 4.70. The molecule has 0 spiro atoms. The molecule has 0 heterocycles. The van der Waals surface area contributed by atoms with Crippen LogP contribution in [0.5, 0.6) is 17.2 Å². The SMILES string of the molecule is CCCOc1ccccc1Oc1ccc([C@@H](C)N)c(Br)c1. The Hall–Kier alpha value is -1.52. The highest BCUT2D eigenvalue weighted by atomic mass is 79.9. The van der Waals surface area contributed by atoms with Gasteiger partial charge in [-0.25, -0.2) is 0 Å². The molecular formula is C17H20BrNO2. The van der Waals surface area contributed by atoms with Crippen molar-refractivity contribution >= 4 is 15.9 Å². The second kappa shape index (κ2) is 7.48. The van der Waals surface area contributed by atoms with Crippen LogP contribution in [-0.4, -0.2) is 6.61 Å². The van der Waals surface area contributed by atoms with Crippen molar-refractivity contribution < 1.29 is 9.47 Å². The van der Waals surface area contributed by atoms with E-state index in [1.807, 2.05) is 49.4 Å². The number of hydrogen-bond donors (Lipinski definition) is 1. The fraction of sp³-hybridized carbons (Fsp3) is 0.294. The van der Waals surface area contributed by atoms with Crippen molar-refractivity contribution in [3.05, 3.63) is 52.5 Å². The van der Waals surface area contributed by atoms with Crippen LogP contribution in [0, 0.1) is 0 Å². The van der Waals surface area contributed by atoms with Crippen molar-refractivity contribution in [2.75, 3.05) is 6.61 Å². The Morgan fingerprint density at radius 1 is 1.14 bits per heavy atom. The van der Waals surface area contributed by atoms with Gasteiger partial charge >= 0.3 is 0 Å². The average Bonchev–Trinajstić information content (AvgIpc) is 2.46. The van der Waals surface area contributed by atoms with Crippen molar-refractivity contribution in [3.63, 3.8) is 0 Å². The van der Waals surface area contributed by atoms with Crippen LogP contribution in [0.15, 0.2) is 46.9 Å². The van der Waals surface area contributed by atoms with Crippen LogP contribution in [0.3, 0.4) is 0 Å². The normalized spacial score (nSPS) is 12.0. The molecule has 0 saturated carbocycles. The van der Waals surface area contributed by atoms with Gasteiger partial charge in [-0.1, -0.05) is 41.1 Å². The zero-order chi connectivity index (χ0) is 15.2. The Bertz CT molecular complexity index is 599. The Morgan fingerprint density at radius 3 is 2.48 bits per heavy atom. The third-order valence-electron chi connectivity index (χ3n) is 3.00. The van der Waals surface area contributed by atoms with E-state index in [9.17, 15) is 0 Å². The molecular weight excluding hydrogens is 330 g/mol. The van der Waals surface area contributed by atoms with Crippen LogP contribution in [0.2, 0.25) is 0 Å². The molecule has 2 rings (SSSR count). The van der Waals surface area contributed by atoms with Gasteiger partial charge in [0.1, 0.15) is 5.75 Å². The van der Waals surface area contributed by atoms with Crippen LogP contribution >= 0.6 is 15.9 Å². The molecule has 0 bridgehead atoms. The predicted octanol–water partition coefficient (Wildman–Crippen LogP) is 5.05. The van der Waals surface area contributed by atoms with E-state index in [0.717, 1.165) is 28.0 Å². The summed E-state index contributed by atoms with van der Waals surface area (Å²) in [5.74, 6) is 2.22. The molecule has 0 radical (unpaired) electrons. The van der Waals surface area contributed by atoms with Crippen LogP contribution in [0.1, 0.15) is 31.9 Å². The van der Waals surface area contributed by atoms with Gasteiger partial charge < -0.3 is 15.2 Å². The number of nitrogens with two attached hydrogens (primary N) is 1. The molecule has 1 atom stereocenters. The van der Waals surface area contributed by atoms with Crippen molar-refractivity contribution in [3.8, 4) is 17.2 Å². The van der Waals surface area contributed by atoms with Gasteiger partial charge in [-0.2, -0.15) is 0 Å². The second-order valence-corrected chi connectivity index (χ2v) is 5.72. The maximum absolute atomic E-state index is 5.93. The average molecular weight is 350 g/mol. The molecule has 0 amide bonds. The minimum Gasteiger partial charge on any atom is -0.490 e. The zero-order valence-electron chi connectivity index (χ0n) is 12.3. The lowest BCUT2D eigenvalue weighted by atomic mass is 10.1. The largest absolute Gasteiger partial charge is 0.490 e. The van der Waals surface area contributed by atoms with Gasteiger partial charge in [0, 0.05) is 10.5 Å². The molecule has 21 heavy (non-hydrogen) atoms. The Balaban J connectivity index is 2.20. The number of halogens is 1. The van der Waals surface area contributed by atoms with Crippen molar-refractivity contribution in [2.24, 2.45) is 5.73 Å². The van der Waals surface area contributed by atoms with Gasteiger partial charge in [-0.15, -0.1) is 0 Å². The van der Waals surface area contributed by atoms with E-state index < -0.39 is 0 Å². The summed E-state index contributed by atoms with van der Waals surface area (Å²) < 4.78 is 12.6. The minimum absolute atomic E-state index is 0.0198. The molecule has 2 aromatic rings. The summed E-state index contributed by atoms with van der Waals surface area (Å²) in [6.07, 6.45) is 0.961. The molecule has 0 fully saturated rings. The van der Waals surface area contributed by atoms with E-state index >= 15 is 0 Å². The lowest BCUT2D eigenvalue weighted by Gasteiger charge is -2.14. The molecule has 0 aliphatic rings. The highest BCUT2D eigenvalue weighted by Gasteiger charge is 2.09. The molecule has 0 aromatic heterocycles. The van der Waals surface area contributed by atoms with E-state index in [2.05, 4.69) is 22.9 Å². The maximum atomic E-state index is 5.93. The molecule has 4 heteroatoms. The molecule has 0 unspecified atom stereocenters. The Labute approximate surface area is 134 Å². The molecule has 0 aliphatic heterocycles. The second-order valence-electron chi connectivity index (χ2n) is 4.87. The summed E-state index contributed by atoms with van der Waals surface area (Å²) in [6, 6.07) is 13.5. The molecule has 0 aliphatic carbocycles.